The minimum absolute atomic E-state index is 0.133. The lowest BCUT2D eigenvalue weighted by Crippen LogP contribution is -2.33. The number of carboxylic acid groups (broad SMARTS) is 1. The molecule has 154 valence electrons. The third kappa shape index (κ3) is 3.79. The first-order valence-electron chi connectivity index (χ1n) is 9.58. The van der Waals surface area contributed by atoms with Crippen LogP contribution in [0.3, 0.4) is 0 Å². The third-order valence-electron chi connectivity index (χ3n) is 5.19. The molecule has 0 aliphatic carbocycles. The zero-order chi connectivity index (χ0) is 21.1. The number of aromatic nitrogens is 2. The highest BCUT2D eigenvalue weighted by molar-refractivity contribution is 7.80. The molecule has 1 aromatic carbocycles. The summed E-state index contributed by atoms with van der Waals surface area (Å²) in [5.74, 6) is -0.956. The van der Waals surface area contributed by atoms with E-state index in [1.165, 1.54) is 0 Å². The topological polar surface area (TPSA) is 79.6 Å². The van der Waals surface area contributed by atoms with Crippen molar-refractivity contribution < 1.29 is 14.6 Å². The van der Waals surface area contributed by atoms with Crippen molar-refractivity contribution in [1.29, 1.82) is 0 Å². The zero-order valence-corrected chi connectivity index (χ0v) is 17.2. The van der Waals surface area contributed by atoms with Crippen LogP contribution in [-0.4, -0.2) is 50.9 Å². The summed E-state index contributed by atoms with van der Waals surface area (Å²) in [5, 5.41) is 13.4. The minimum Gasteiger partial charge on any atom is -0.478 e. The van der Waals surface area contributed by atoms with Crippen LogP contribution in [-0.2, 0) is 4.74 Å². The maximum Gasteiger partial charge on any atom is 0.335 e. The molecule has 3 heterocycles. The van der Waals surface area contributed by atoms with Crippen LogP contribution in [0.5, 0.6) is 0 Å². The van der Waals surface area contributed by atoms with E-state index in [1.54, 1.807) is 31.5 Å². The second kappa shape index (κ2) is 8.64. The fourth-order valence-corrected chi connectivity index (χ4v) is 4.15. The molecule has 1 fully saturated rings. The van der Waals surface area contributed by atoms with Crippen molar-refractivity contribution >= 4 is 23.3 Å². The van der Waals surface area contributed by atoms with Crippen LogP contribution in [0.25, 0.3) is 5.69 Å². The molecule has 4 rings (SSSR count). The van der Waals surface area contributed by atoms with Gasteiger partial charge in [-0.3, -0.25) is 4.98 Å². The van der Waals surface area contributed by atoms with Crippen LogP contribution in [0, 0.1) is 0 Å². The SMILES string of the molecule is COCCN1C(=S)NC(c2ccccn2)C1c1cccn1-c1cccc(C(=O)O)c1. The third-order valence-corrected chi connectivity index (χ3v) is 5.54. The number of nitrogens with one attached hydrogen (secondary N) is 1. The van der Waals surface area contributed by atoms with Gasteiger partial charge in [0.15, 0.2) is 5.11 Å². The van der Waals surface area contributed by atoms with E-state index >= 15 is 0 Å². The first-order valence-corrected chi connectivity index (χ1v) is 9.99. The van der Waals surface area contributed by atoms with Crippen molar-refractivity contribution in [2.45, 2.75) is 12.1 Å². The Morgan fingerprint density at radius 3 is 2.83 bits per heavy atom. The van der Waals surface area contributed by atoms with Crippen LogP contribution in [0.15, 0.2) is 67.0 Å². The Balaban J connectivity index is 1.79. The Kier molecular flexibility index (Phi) is 5.78. The number of ether oxygens (including phenoxy) is 1. The number of hydrogen-bond donors (Lipinski definition) is 2. The summed E-state index contributed by atoms with van der Waals surface area (Å²) in [6.45, 7) is 1.15. The number of rotatable bonds is 7. The van der Waals surface area contributed by atoms with Crippen molar-refractivity contribution in [2.24, 2.45) is 0 Å². The highest BCUT2D eigenvalue weighted by atomic mass is 32.1. The summed E-state index contributed by atoms with van der Waals surface area (Å²) in [6.07, 6.45) is 3.70. The molecule has 2 N–H and O–H groups in total. The van der Waals surface area contributed by atoms with Gasteiger partial charge in [0.05, 0.1) is 29.9 Å². The quantitative estimate of drug-likeness (QED) is 0.566. The molecule has 1 aliphatic rings. The molecule has 7 nitrogen and oxygen atoms in total. The van der Waals surface area contributed by atoms with Gasteiger partial charge in [0.1, 0.15) is 0 Å². The normalized spacial score (nSPS) is 18.4. The van der Waals surface area contributed by atoms with Gasteiger partial charge in [0.25, 0.3) is 0 Å². The maximum absolute atomic E-state index is 11.4. The molecule has 0 saturated carbocycles. The fourth-order valence-electron chi connectivity index (χ4n) is 3.82. The fraction of sp³-hybridized carbons (Fsp3) is 0.227. The number of hydrogen-bond acceptors (Lipinski definition) is 4. The van der Waals surface area contributed by atoms with Crippen molar-refractivity contribution in [1.82, 2.24) is 19.8 Å². The first-order chi connectivity index (χ1) is 14.6. The molecule has 0 radical (unpaired) electrons. The lowest BCUT2D eigenvalue weighted by molar-refractivity contribution is 0.0697. The standard InChI is InChI=1S/C22H22N4O3S/c1-29-13-12-26-20(19(24-22(26)30)17-8-2-3-10-23-17)18-9-5-11-25(18)16-7-4-6-15(14-16)21(27)28/h2-11,14,19-20H,12-13H2,1H3,(H,24,30)(H,27,28). The number of methoxy groups -OCH3 is 1. The molecule has 1 aliphatic heterocycles. The van der Waals surface area contributed by atoms with E-state index in [0.29, 0.717) is 18.3 Å². The monoisotopic (exact) mass is 422 g/mol. The van der Waals surface area contributed by atoms with Crippen molar-refractivity contribution in [3.63, 3.8) is 0 Å². The van der Waals surface area contributed by atoms with E-state index in [-0.39, 0.29) is 17.6 Å². The van der Waals surface area contributed by atoms with Gasteiger partial charge in [-0.25, -0.2) is 4.79 Å². The molecule has 8 heteroatoms. The second-order valence-corrected chi connectivity index (χ2v) is 7.36. The summed E-state index contributed by atoms with van der Waals surface area (Å²) < 4.78 is 7.30. The molecule has 2 unspecified atom stereocenters. The predicted molar refractivity (Wildman–Crippen MR) is 117 cm³/mol. The van der Waals surface area contributed by atoms with Gasteiger partial charge in [-0.2, -0.15) is 0 Å². The van der Waals surface area contributed by atoms with E-state index in [4.69, 9.17) is 17.0 Å². The van der Waals surface area contributed by atoms with Gasteiger partial charge in [0, 0.05) is 37.4 Å². The first kappa shape index (κ1) is 20.1. The van der Waals surface area contributed by atoms with Crippen LogP contribution < -0.4 is 5.32 Å². The number of pyridine rings is 1. The van der Waals surface area contributed by atoms with Gasteiger partial charge in [-0.1, -0.05) is 12.1 Å². The number of nitrogens with zero attached hydrogens (tertiary/aromatic N) is 3. The van der Waals surface area contributed by atoms with Gasteiger partial charge in [0.2, 0.25) is 0 Å². The number of aromatic carboxylic acids is 1. The number of carbonyl (C=O) groups is 1. The average molecular weight is 423 g/mol. The van der Waals surface area contributed by atoms with Crippen molar-refractivity contribution in [2.75, 3.05) is 20.3 Å². The van der Waals surface area contributed by atoms with E-state index in [1.807, 2.05) is 47.2 Å². The summed E-state index contributed by atoms with van der Waals surface area (Å²) in [4.78, 5) is 18.1. The van der Waals surface area contributed by atoms with Crippen LogP contribution >= 0.6 is 12.2 Å². The molecule has 0 bridgehead atoms. The van der Waals surface area contributed by atoms with E-state index < -0.39 is 5.97 Å². The van der Waals surface area contributed by atoms with Gasteiger partial charge in [-0.15, -0.1) is 0 Å². The minimum atomic E-state index is -0.956. The Morgan fingerprint density at radius 2 is 2.10 bits per heavy atom. The van der Waals surface area contributed by atoms with E-state index in [0.717, 1.165) is 17.1 Å². The molecule has 1 saturated heterocycles. The second-order valence-electron chi connectivity index (χ2n) is 6.97. The average Bonchev–Trinajstić information content (AvgIpc) is 3.37. The molecular weight excluding hydrogens is 400 g/mol. The van der Waals surface area contributed by atoms with Crippen molar-refractivity contribution in [3.05, 3.63) is 83.9 Å². The molecule has 3 aromatic rings. The lowest BCUT2D eigenvalue weighted by atomic mass is 10.0. The van der Waals surface area contributed by atoms with Crippen LogP contribution in [0.4, 0.5) is 0 Å². The summed E-state index contributed by atoms with van der Waals surface area (Å²) in [5.41, 5.74) is 2.89. The Bertz CT molecular complexity index is 1050. The smallest absolute Gasteiger partial charge is 0.335 e. The highest BCUT2D eigenvalue weighted by Crippen LogP contribution is 2.39. The summed E-state index contributed by atoms with van der Waals surface area (Å²) in [6, 6.07) is 16.4. The molecular formula is C22H22N4O3S. The lowest BCUT2D eigenvalue weighted by Gasteiger charge is -2.28. The molecule has 30 heavy (non-hydrogen) atoms. The highest BCUT2D eigenvalue weighted by Gasteiger charge is 2.41. The Labute approximate surface area is 179 Å². The predicted octanol–water partition coefficient (Wildman–Crippen LogP) is 3.19. The Morgan fingerprint density at radius 1 is 1.23 bits per heavy atom. The number of carboxylic acids is 1. The Hall–Kier alpha value is -3.23. The van der Waals surface area contributed by atoms with Gasteiger partial charge >= 0.3 is 5.97 Å². The number of benzene rings is 1. The summed E-state index contributed by atoms with van der Waals surface area (Å²) in [7, 11) is 1.66. The van der Waals surface area contributed by atoms with Crippen molar-refractivity contribution in [3.8, 4) is 5.69 Å². The van der Waals surface area contributed by atoms with Gasteiger partial charge in [-0.05, 0) is 54.7 Å². The van der Waals surface area contributed by atoms with Crippen LogP contribution in [0.1, 0.15) is 33.8 Å². The van der Waals surface area contributed by atoms with Crippen LogP contribution in [0.2, 0.25) is 0 Å². The van der Waals surface area contributed by atoms with E-state index in [2.05, 4.69) is 15.2 Å². The largest absolute Gasteiger partial charge is 0.478 e. The molecule has 2 atom stereocenters. The molecule has 0 spiro atoms. The van der Waals surface area contributed by atoms with E-state index in [9.17, 15) is 9.90 Å². The molecule has 2 aromatic heterocycles. The summed E-state index contributed by atoms with van der Waals surface area (Å²) >= 11 is 5.64. The maximum atomic E-state index is 11.4. The molecule has 0 amide bonds. The zero-order valence-electron chi connectivity index (χ0n) is 16.4. The number of thiocarbonyl (C=S) groups is 1. The van der Waals surface area contributed by atoms with Gasteiger partial charge < -0.3 is 24.6 Å².